The van der Waals surface area contributed by atoms with Crippen molar-refractivity contribution in [3.8, 4) is 0 Å². The summed E-state index contributed by atoms with van der Waals surface area (Å²) in [7, 11) is 0. The number of imidazole rings is 2. The van der Waals surface area contributed by atoms with Crippen LogP contribution in [0, 0.1) is 6.92 Å². The molecule has 0 spiro atoms. The summed E-state index contributed by atoms with van der Waals surface area (Å²) in [5.74, 6) is 1.85. The average Bonchev–Trinajstić information content (AvgIpc) is 3.46. The molecule has 0 bridgehead atoms. The molecule has 2 N–H and O–H groups in total. The maximum atomic E-state index is 5.58. The van der Waals surface area contributed by atoms with Crippen molar-refractivity contribution in [3.05, 3.63) is 66.1 Å². The van der Waals surface area contributed by atoms with Gasteiger partial charge in [-0.15, -0.1) is 0 Å². The summed E-state index contributed by atoms with van der Waals surface area (Å²) < 4.78 is 7.80. The van der Waals surface area contributed by atoms with E-state index in [1.54, 1.807) is 12.6 Å². The smallest absolute Gasteiger partial charge is 0.204 e. The summed E-state index contributed by atoms with van der Waals surface area (Å²) in [6, 6.07) is 12.6. The minimum absolute atomic E-state index is 0.418. The number of aryl methyl sites for hydroxylation is 1. The van der Waals surface area contributed by atoms with Gasteiger partial charge in [-0.25, -0.2) is 9.97 Å². The van der Waals surface area contributed by atoms with Crippen LogP contribution in [0.25, 0.3) is 11.0 Å². The largest absolute Gasteiger partial charge is 0.467 e. The van der Waals surface area contributed by atoms with Gasteiger partial charge in [0, 0.05) is 25.7 Å². The number of H-pyrrole nitrogens is 1. The van der Waals surface area contributed by atoms with Gasteiger partial charge in [0.25, 0.3) is 0 Å². The number of aromatic nitrogens is 4. The molecule has 1 aliphatic heterocycles. The molecule has 29 heavy (non-hydrogen) atoms. The molecule has 0 saturated carbocycles. The van der Waals surface area contributed by atoms with E-state index >= 15 is 0 Å². The van der Waals surface area contributed by atoms with Gasteiger partial charge in [-0.2, -0.15) is 0 Å². The van der Waals surface area contributed by atoms with Crippen molar-refractivity contribution in [2.45, 2.75) is 38.9 Å². The number of likely N-dealkylation sites (tertiary alicyclic amines) is 1. The van der Waals surface area contributed by atoms with Gasteiger partial charge in [-0.3, -0.25) is 4.90 Å². The fourth-order valence-electron chi connectivity index (χ4n) is 4.10. The Morgan fingerprint density at radius 1 is 1.14 bits per heavy atom. The summed E-state index contributed by atoms with van der Waals surface area (Å²) in [5, 5.41) is 3.71. The van der Waals surface area contributed by atoms with Crippen LogP contribution in [-0.2, 0) is 13.1 Å². The monoisotopic (exact) mass is 390 g/mol. The van der Waals surface area contributed by atoms with Crippen molar-refractivity contribution in [2.75, 3.05) is 18.4 Å². The highest BCUT2D eigenvalue weighted by Gasteiger charge is 2.22. The van der Waals surface area contributed by atoms with Crippen LogP contribution in [0.4, 0.5) is 5.95 Å². The van der Waals surface area contributed by atoms with Crippen molar-refractivity contribution in [2.24, 2.45) is 0 Å². The maximum absolute atomic E-state index is 5.58. The second-order valence-corrected chi connectivity index (χ2v) is 7.75. The minimum atomic E-state index is 0.418. The van der Waals surface area contributed by atoms with E-state index in [1.165, 1.54) is 5.69 Å². The number of furan rings is 1. The Bertz CT molecular complexity index is 1070. The first-order chi connectivity index (χ1) is 14.3. The molecule has 150 valence electrons. The number of rotatable bonds is 6. The average molecular weight is 390 g/mol. The lowest BCUT2D eigenvalue weighted by atomic mass is 10.0. The molecule has 1 fully saturated rings. The van der Waals surface area contributed by atoms with E-state index in [4.69, 9.17) is 9.40 Å². The maximum Gasteiger partial charge on any atom is 0.204 e. The number of para-hydroxylation sites is 2. The van der Waals surface area contributed by atoms with Gasteiger partial charge >= 0.3 is 0 Å². The number of hydrogen-bond acceptors (Lipinski definition) is 5. The molecule has 0 unspecified atom stereocenters. The lowest BCUT2D eigenvalue weighted by Gasteiger charge is -2.32. The Balaban J connectivity index is 1.29. The van der Waals surface area contributed by atoms with Gasteiger partial charge in [0.2, 0.25) is 5.95 Å². The van der Waals surface area contributed by atoms with Crippen LogP contribution in [0.15, 0.2) is 53.4 Å². The zero-order valence-corrected chi connectivity index (χ0v) is 16.6. The molecule has 4 heterocycles. The van der Waals surface area contributed by atoms with E-state index < -0.39 is 0 Å². The Morgan fingerprint density at radius 2 is 2.00 bits per heavy atom. The zero-order valence-electron chi connectivity index (χ0n) is 16.6. The minimum Gasteiger partial charge on any atom is -0.467 e. The summed E-state index contributed by atoms with van der Waals surface area (Å²) >= 11 is 0. The highest BCUT2D eigenvalue weighted by Crippen LogP contribution is 2.24. The fourth-order valence-corrected chi connectivity index (χ4v) is 4.10. The lowest BCUT2D eigenvalue weighted by molar-refractivity contribution is 0.208. The fraction of sp³-hybridized carbons (Fsp3) is 0.364. The molecule has 0 atom stereocenters. The SMILES string of the molecule is Cc1nc[nH]c1CN1CCC(Nc2nc3ccccc3n2Cc2ccco2)CC1. The molecule has 5 rings (SSSR count). The standard InChI is InChI=1S/C22H26N6O/c1-16-20(24-15-23-16)14-27-10-8-17(9-11-27)25-22-26-19-6-2-3-7-21(19)28(22)13-18-5-4-12-29-18/h2-7,12,15,17H,8-11,13-14H2,1H3,(H,23,24)(H,25,26). The van der Waals surface area contributed by atoms with Crippen LogP contribution in [0.2, 0.25) is 0 Å². The molecule has 3 aromatic heterocycles. The molecular weight excluding hydrogens is 364 g/mol. The first-order valence-electron chi connectivity index (χ1n) is 10.2. The van der Waals surface area contributed by atoms with Crippen LogP contribution >= 0.6 is 0 Å². The van der Waals surface area contributed by atoms with Crippen molar-refractivity contribution in [1.29, 1.82) is 0 Å². The van der Waals surface area contributed by atoms with Gasteiger partial charge in [-0.1, -0.05) is 12.1 Å². The van der Waals surface area contributed by atoms with Crippen molar-refractivity contribution in [3.63, 3.8) is 0 Å². The summed E-state index contributed by atoms with van der Waals surface area (Å²) in [4.78, 5) is 14.9. The number of nitrogens with zero attached hydrogens (tertiary/aromatic N) is 4. The van der Waals surface area contributed by atoms with Crippen LogP contribution in [0.3, 0.4) is 0 Å². The molecule has 1 aliphatic rings. The van der Waals surface area contributed by atoms with E-state index in [0.717, 1.165) is 60.9 Å². The van der Waals surface area contributed by atoms with Gasteiger partial charge in [0.05, 0.1) is 41.6 Å². The normalized spacial score (nSPS) is 15.9. The van der Waals surface area contributed by atoms with Crippen molar-refractivity contribution >= 4 is 17.0 Å². The first kappa shape index (κ1) is 18.0. The molecule has 0 amide bonds. The molecule has 1 aromatic carbocycles. The van der Waals surface area contributed by atoms with Crippen molar-refractivity contribution < 1.29 is 4.42 Å². The third-order valence-corrected chi connectivity index (χ3v) is 5.78. The Kier molecular flexibility index (Phi) is 4.81. The molecular formula is C22H26N6O. The van der Waals surface area contributed by atoms with E-state index in [9.17, 15) is 0 Å². The summed E-state index contributed by atoms with van der Waals surface area (Å²) in [5.41, 5.74) is 4.45. The molecule has 1 saturated heterocycles. The Labute approximate surface area is 169 Å². The lowest BCUT2D eigenvalue weighted by Crippen LogP contribution is -2.39. The van der Waals surface area contributed by atoms with Crippen LogP contribution in [0.5, 0.6) is 0 Å². The molecule has 0 radical (unpaired) electrons. The number of benzene rings is 1. The third-order valence-electron chi connectivity index (χ3n) is 5.78. The van der Waals surface area contributed by atoms with Crippen LogP contribution < -0.4 is 5.32 Å². The van der Waals surface area contributed by atoms with E-state index in [0.29, 0.717) is 12.6 Å². The Hall–Kier alpha value is -3.06. The number of aromatic amines is 1. The predicted octanol–water partition coefficient (Wildman–Crippen LogP) is 3.79. The number of nitrogens with one attached hydrogen (secondary N) is 2. The summed E-state index contributed by atoms with van der Waals surface area (Å²) in [6.45, 7) is 5.80. The number of fused-ring (bicyclic) bond motifs is 1. The van der Waals surface area contributed by atoms with E-state index in [2.05, 4.69) is 49.9 Å². The molecule has 7 nitrogen and oxygen atoms in total. The first-order valence-corrected chi connectivity index (χ1v) is 10.2. The summed E-state index contributed by atoms with van der Waals surface area (Å²) in [6.07, 6.45) is 5.69. The number of hydrogen-bond donors (Lipinski definition) is 2. The molecule has 0 aliphatic carbocycles. The second kappa shape index (κ2) is 7.75. The van der Waals surface area contributed by atoms with Gasteiger partial charge in [-0.05, 0) is 44.0 Å². The molecule has 4 aromatic rings. The molecule has 7 heteroatoms. The number of piperidine rings is 1. The second-order valence-electron chi connectivity index (χ2n) is 7.75. The van der Waals surface area contributed by atoms with Crippen molar-refractivity contribution in [1.82, 2.24) is 24.4 Å². The highest BCUT2D eigenvalue weighted by molar-refractivity contribution is 5.78. The zero-order chi connectivity index (χ0) is 19.6. The van der Waals surface area contributed by atoms with E-state index in [1.807, 2.05) is 18.2 Å². The topological polar surface area (TPSA) is 74.9 Å². The van der Waals surface area contributed by atoms with Gasteiger partial charge < -0.3 is 19.3 Å². The van der Waals surface area contributed by atoms with E-state index in [-0.39, 0.29) is 0 Å². The predicted molar refractivity (Wildman–Crippen MR) is 113 cm³/mol. The van der Waals surface area contributed by atoms with Crippen LogP contribution in [0.1, 0.15) is 30.0 Å². The highest BCUT2D eigenvalue weighted by atomic mass is 16.3. The van der Waals surface area contributed by atoms with Gasteiger partial charge in [0.15, 0.2) is 0 Å². The third kappa shape index (κ3) is 3.78. The van der Waals surface area contributed by atoms with Crippen LogP contribution in [-0.4, -0.2) is 43.6 Å². The Morgan fingerprint density at radius 3 is 2.76 bits per heavy atom. The van der Waals surface area contributed by atoms with Gasteiger partial charge in [0.1, 0.15) is 5.76 Å². The quantitative estimate of drug-likeness (QED) is 0.524. The number of anilines is 1.